The number of carbonyl (C=O) groups is 1. The number of aromatic nitrogens is 1. The summed E-state index contributed by atoms with van der Waals surface area (Å²) in [5.74, 6) is 0.431. The van der Waals surface area contributed by atoms with Crippen molar-refractivity contribution >= 4 is 32.4 Å². The van der Waals surface area contributed by atoms with Crippen molar-refractivity contribution in [2.75, 3.05) is 19.5 Å². The number of nitrogens with one attached hydrogen (secondary N) is 1. The molecule has 1 aliphatic carbocycles. The first-order valence-corrected chi connectivity index (χ1v) is 13.6. The van der Waals surface area contributed by atoms with E-state index in [0.717, 1.165) is 54.0 Å². The molecule has 0 bridgehead atoms. The van der Waals surface area contributed by atoms with Gasteiger partial charge >= 0.3 is 0 Å². The molecule has 1 aromatic heterocycles. The summed E-state index contributed by atoms with van der Waals surface area (Å²) in [6.07, 6.45) is 5.05. The molecular formula is C25H29N3O4S2. The SMILES string of the molecule is COc1ccc(-c2nc(NC(=O)c3ccc(S(=O)(=O)N(C)C4CCCCC4)cc3)sc2C)cc1. The maximum absolute atomic E-state index is 13.0. The van der Waals surface area contributed by atoms with Crippen molar-refractivity contribution in [2.45, 2.75) is 50.0 Å². The van der Waals surface area contributed by atoms with Gasteiger partial charge in [-0.2, -0.15) is 4.31 Å². The van der Waals surface area contributed by atoms with Gasteiger partial charge in [-0.05, 0) is 68.3 Å². The normalized spacial score (nSPS) is 14.8. The van der Waals surface area contributed by atoms with Crippen LogP contribution in [0.4, 0.5) is 5.13 Å². The van der Waals surface area contributed by atoms with Crippen molar-refractivity contribution < 1.29 is 17.9 Å². The second-order valence-corrected chi connectivity index (χ2v) is 11.6. The summed E-state index contributed by atoms with van der Waals surface area (Å²) in [6, 6.07) is 13.7. The Morgan fingerprint density at radius 2 is 1.71 bits per heavy atom. The topological polar surface area (TPSA) is 88.6 Å². The van der Waals surface area contributed by atoms with Crippen LogP contribution in [0.5, 0.6) is 5.75 Å². The predicted molar refractivity (Wildman–Crippen MR) is 135 cm³/mol. The molecule has 0 atom stereocenters. The number of hydrogen-bond acceptors (Lipinski definition) is 6. The van der Waals surface area contributed by atoms with Crippen LogP contribution in [0.2, 0.25) is 0 Å². The summed E-state index contributed by atoms with van der Waals surface area (Å²) < 4.78 is 32.7. The van der Waals surface area contributed by atoms with E-state index in [1.165, 1.54) is 27.8 Å². The van der Waals surface area contributed by atoms with Crippen LogP contribution < -0.4 is 10.1 Å². The van der Waals surface area contributed by atoms with Crippen molar-refractivity contribution in [3.05, 3.63) is 59.0 Å². The van der Waals surface area contributed by atoms with E-state index in [1.54, 1.807) is 26.3 Å². The van der Waals surface area contributed by atoms with Crippen molar-refractivity contribution in [1.29, 1.82) is 0 Å². The van der Waals surface area contributed by atoms with Crippen molar-refractivity contribution in [3.8, 4) is 17.0 Å². The number of rotatable bonds is 7. The van der Waals surface area contributed by atoms with Crippen LogP contribution in [-0.4, -0.2) is 43.8 Å². The molecule has 1 fully saturated rings. The van der Waals surface area contributed by atoms with Gasteiger partial charge in [-0.3, -0.25) is 10.1 Å². The van der Waals surface area contributed by atoms with Gasteiger partial charge in [-0.15, -0.1) is 11.3 Å². The van der Waals surface area contributed by atoms with Crippen LogP contribution >= 0.6 is 11.3 Å². The van der Waals surface area contributed by atoms with Gasteiger partial charge in [0, 0.05) is 29.1 Å². The number of thiazole rings is 1. The Kier molecular flexibility index (Phi) is 7.35. The number of hydrogen-bond donors (Lipinski definition) is 1. The molecule has 0 aliphatic heterocycles. The number of amides is 1. The van der Waals surface area contributed by atoms with E-state index in [9.17, 15) is 13.2 Å². The Labute approximate surface area is 204 Å². The molecule has 180 valence electrons. The molecule has 0 radical (unpaired) electrons. The number of anilines is 1. The number of ether oxygens (including phenoxy) is 1. The van der Waals surface area contributed by atoms with E-state index in [-0.39, 0.29) is 16.8 Å². The predicted octanol–water partition coefficient (Wildman–Crippen LogP) is 5.33. The van der Waals surface area contributed by atoms with Gasteiger partial charge in [-0.1, -0.05) is 19.3 Å². The standard InChI is InChI=1S/C25H29N3O4S2/c1-17-23(18-9-13-21(32-3)14-10-18)26-25(33-17)27-24(29)19-11-15-22(16-12-19)34(30,31)28(2)20-7-5-4-6-8-20/h9-16,20H,4-8H2,1-3H3,(H,26,27,29). The highest BCUT2D eigenvalue weighted by Gasteiger charge is 2.29. The summed E-state index contributed by atoms with van der Waals surface area (Å²) >= 11 is 1.39. The molecule has 1 heterocycles. The zero-order chi connectivity index (χ0) is 24.3. The molecule has 1 N–H and O–H groups in total. The molecule has 0 spiro atoms. The molecule has 1 amide bonds. The molecule has 0 unspecified atom stereocenters. The van der Waals surface area contributed by atoms with Crippen molar-refractivity contribution in [2.24, 2.45) is 0 Å². The van der Waals surface area contributed by atoms with Gasteiger partial charge in [0.05, 0.1) is 17.7 Å². The van der Waals surface area contributed by atoms with Crippen LogP contribution in [0.3, 0.4) is 0 Å². The van der Waals surface area contributed by atoms with E-state index in [2.05, 4.69) is 10.3 Å². The van der Waals surface area contributed by atoms with Gasteiger partial charge in [0.15, 0.2) is 5.13 Å². The first kappa shape index (κ1) is 24.4. The van der Waals surface area contributed by atoms with Crippen LogP contribution in [0.15, 0.2) is 53.4 Å². The second kappa shape index (κ2) is 10.2. The fourth-order valence-electron chi connectivity index (χ4n) is 4.22. The largest absolute Gasteiger partial charge is 0.497 e. The third kappa shape index (κ3) is 5.16. The highest BCUT2D eigenvalue weighted by atomic mass is 32.2. The first-order valence-electron chi connectivity index (χ1n) is 11.3. The third-order valence-electron chi connectivity index (χ3n) is 6.26. The Morgan fingerprint density at radius 1 is 1.06 bits per heavy atom. The monoisotopic (exact) mass is 499 g/mol. The fourth-order valence-corrected chi connectivity index (χ4v) is 6.47. The lowest BCUT2D eigenvalue weighted by molar-refractivity contribution is 0.102. The minimum atomic E-state index is -3.60. The van der Waals surface area contributed by atoms with Gasteiger partial charge in [0.1, 0.15) is 5.75 Å². The Hall–Kier alpha value is -2.75. The number of sulfonamides is 1. The van der Waals surface area contributed by atoms with Crippen LogP contribution in [0.25, 0.3) is 11.3 Å². The molecule has 1 aliphatic rings. The molecule has 7 nitrogen and oxygen atoms in total. The number of aryl methyl sites for hydroxylation is 1. The van der Waals surface area contributed by atoms with E-state index < -0.39 is 10.0 Å². The molecular weight excluding hydrogens is 470 g/mol. The summed E-state index contributed by atoms with van der Waals surface area (Å²) in [6.45, 7) is 1.95. The summed E-state index contributed by atoms with van der Waals surface area (Å²) in [5, 5.41) is 3.32. The van der Waals surface area contributed by atoms with Crippen molar-refractivity contribution in [3.63, 3.8) is 0 Å². The molecule has 1 saturated carbocycles. The number of methoxy groups -OCH3 is 1. The highest BCUT2D eigenvalue weighted by Crippen LogP contribution is 2.32. The maximum atomic E-state index is 13.0. The van der Waals surface area contributed by atoms with Crippen LogP contribution in [0.1, 0.15) is 47.3 Å². The highest BCUT2D eigenvalue weighted by molar-refractivity contribution is 7.89. The molecule has 4 rings (SSSR count). The molecule has 9 heteroatoms. The average molecular weight is 500 g/mol. The Morgan fingerprint density at radius 3 is 2.32 bits per heavy atom. The number of benzene rings is 2. The lowest BCUT2D eigenvalue weighted by atomic mass is 9.96. The Balaban J connectivity index is 1.46. The zero-order valence-corrected chi connectivity index (χ0v) is 21.2. The van der Waals surface area contributed by atoms with Crippen LogP contribution in [0, 0.1) is 6.92 Å². The number of nitrogens with zero attached hydrogens (tertiary/aromatic N) is 2. The minimum Gasteiger partial charge on any atom is -0.497 e. The van der Waals surface area contributed by atoms with Gasteiger partial charge in [-0.25, -0.2) is 13.4 Å². The lowest BCUT2D eigenvalue weighted by Crippen LogP contribution is -2.38. The average Bonchev–Trinajstić information content (AvgIpc) is 3.23. The molecule has 0 saturated heterocycles. The van der Waals surface area contributed by atoms with Gasteiger partial charge in [0.2, 0.25) is 10.0 Å². The molecule has 3 aromatic rings. The molecule has 34 heavy (non-hydrogen) atoms. The van der Waals surface area contributed by atoms with Gasteiger partial charge < -0.3 is 4.74 Å². The first-order chi connectivity index (χ1) is 16.3. The lowest BCUT2D eigenvalue weighted by Gasteiger charge is -2.30. The quantitative estimate of drug-likeness (QED) is 0.474. The molecule has 2 aromatic carbocycles. The van der Waals surface area contributed by atoms with Gasteiger partial charge in [0.25, 0.3) is 5.91 Å². The van der Waals surface area contributed by atoms with E-state index in [0.29, 0.717) is 10.7 Å². The second-order valence-electron chi connectivity index (χ2n) is 8.44. The minimum absolute atomic E-state index is 0.0368. The summed E-state index contributed by atoms with van der Waals surface area (Å²) in [7, 11) is -0.327. The third-order valence-corrected chi connectivity index (χ3v) is 9.07. The van der Waals surface area contributed by atoms with E-state index >= 15 is 0 Å². The Bertz CT molecular complexity index is 1250. The maximum Gasteiger partial charge on any atom is 0.257 e. The van der Waals surface area contributed by atoms with E-state index in [1.807, 2.05) is 31.2 Å². The zero-order valence-electron chi connectivity index (χ0n) is 19.6. The summed E-state index contributed by atoms with van der Waals surface area (Å²) in [5.41, 5.74) is 2.11. The van der Waals surface area contributed by atoms with Crippen LogP contribution in [-0.2, 0) is 10.0 Å². The van der Waals surface area contributed by atoms with E-state index in [4.69, 9.17) is 4.74 Å². The summed E-state index contributed by atoms with van der Waals surface area (Å²) in [4.78, 5) is 18.5. The van der Waals surface area contributed by atoms with Crippen molar-refractivity contribution in [1.82, 2.24) is 9.29 Å². The smallest absolute Gasteiger partial charge is 0.257 e. The number of carbonyl (C=O) groups excluding carboxylic acids is 1. The fraction of sp³-hybridized carbons (Fsp3) is 0.360.